The summed E-state index contributed by atoms with van der Waals surface area (Å²) in [6.07, 6.45) is 0. The van der Waals surface area contributed by atoms with Gasteiger partial charge in [-0.15, -0.1) is 0 Å². The third-order valence-electron chi connectivity index (χ3n) is 2.55. The maximum absolute atomic E-state index is 11.6. The molecule has 1 aromatic rings. The first-order valence-corrected chi connectivity index (χ1v) is 4.71. The highest BCUT2D eigenvalue weighted by Crippen LogP contribution is 2.31. The average Bonchev–Trinajstić information content (AvgIpc) is 2.26. The van der Waals surface area contributed by atoms with Crippen LogP contribution in [-0.2, 0) is 4.79 Å². The lowest BCUT2D eigenvalue weighted by Crippen LogP contribution is -2.43. The first kappa shape index (κ1) is 9.53. The Hall–Kier alpha value is -2.02. The van der Waals surface area contributed by atoms with Gasteiger partial charge in [0.25, 0.3) is 0 Å². The van der Waals surface area contributed by atoms with Gasteiger partial charge in [0.1, 0.15) is 6.54 Å². The maximum Gasteiger partial charge on any atom is 0.246 e. The summed E-state index contributed by atoms with van der Waals surface area (Å²) in [6, 6.07) is 9.68. The molecule has 1 heterocycles. The molecule has 0 fully saturated rings. The second kappa shape index (κ2) is 3.62. The molecule has 76 valence electrons. The number of likely N-dealkylation sites (N-methyl/N-ethyl adjacent to an activating group) is 1. The van der Waals surface area contributed by atoms with Crippen LogP contribution in [0, 0.1) is 11.3 Å². The largest absolute Gasteiger partial charge is 0.347 e. The fraction of sp³-hybridized carbons (Fsp3) is 0.273. The molecule has 4 heteroatoms. The summed E-state index contributed by atoms with van der Waals surface area (Å²) in [5, 5.41) is 8.68. The van der Waals surface area contributed by atoms with Gasteiger partial charge in [-0.05, 0) is 12.1 Å². The highest BCUT2D eigenvalue weighted by Gasteiger charge is 2.25. The van der Waals surface area contributed by atoms with E-state index in [2.05, 4.69) is 6.07 Å². The van der Waals surface area contributed by atoms with Crippen LogP contribution in [0.25, 0.3) is 0 Å². The van der Waals surface area contributed by atoms with Gasteiger partial charge >= 0.3 is 0 Å². The normalized spacial score (nSPS) is 14.8. The summed E-state index contributed by atoms with van der Waals surface area (Å²) in [5.41, 5.74) is 1.81. The van der Waals surface area contributed by atoms with Crippen molar-refractivity contribution >= 4 is 17.3 Å². The quantitative estimate of drug-likeness (QED) is 0.637. The minimum absolute atomic E-state index is 0.0175. The standard InChI is InChI=1S/C11H11N3O/c1-13-9-4-2-3-5-10(9)14(7-6-12)8-11(13)15/h2-5H,7-8H2,1H3. The van der Waals surface area contributed by atoms with E-state index >= 15 is 0 Å². The highest BCUT2D eigenvalue weighted by molar-refractivity contribution is 6.02. The molecule has 0 unspecified atom stereocenters. The van der Waals surface area contributed by atoms with Crippen molar-refractivity contribution in [2.75, 3.05) is 29.9 Å². The second-order valence-electron chi connectivity index (χ2n) is 3.46. The van der Waals surface area contributed by atoms with Crippen molar-refractivity contribution in [3.8, 4) is 6.07 Å². The number of para-hydroxylation sites is 2. The van der Waals surface area contributed by atoms with Crippen LogP contribution in [0.1, 0.15) is 0 Å². The zero-order valence-electron chi connectivity index (χ0n) is 8.47. The Bertz CT molecular complexity index is 436. The van der Waals surface area contributed by atoms with Gasteiger partial charge in [-0.1, -0.05) is 12.1 Å². The van der Waals surface area contributed by atoms with Crippen molar-refractivity contribution in [3.05, 3.63) is 24.3 Å². The summed E-state index contributed by atoms with van der Waals surface area (Å²) >= 11 is 0. The van der Waals surface area contributed by atoms with Crippen LogP contribution in [0.15, 0.2) is 24.3 Å². The maximum atomic E-state index is 11.6. The van der Waals surface area contributed by atoms with E-state index in [0.717, 1.165) is 11.4 Å². The summed E-state index contributed by atoms with van der Waals surface area (Å²) in [6.45, 7) is 0.525. The Morgan fingerprint density at radius 1 is 1.40 bits per heavy atom. The number of nitriles is 1. The SMILES string of the molecule is CN1C(=O)CN(CC#N)c2ccccc21. The number of carbonyl (C=O) groups is 1. The van der Waals surface area contributed by atoms with Gasteiger partial charge in [-0.2, -0.15) is 5.26 Å². The number of nitrogens with zero attached hydrogens (tertiary/aromatic N) is 3. The van der Waals surface area contributed by atoms with Crippen molar-refractivity contribution in [2.45, 2.75) is 0 Å². The van der Waals surface area contributed by atoms with Crippen molar-refractivity contribution < 1.29 is 4.79 Å². The summed E-state index contributed by atoms with van der Waals surface area (Å²) in [5.74, 6) is 0.0175. The van der Waals surface area contributed by atoms with E-state index in [1.807, 2.05) is 24.3 Å². The zero-order chi connectivity index (χ0) is 10.8. The smallest absolute Gasteiger partial charge is 0.246 e. The molecule has 0 spiro atoms. The fourth-order valence-electron chi connectivity index (χ4n) is 1.73. The van der Waals surface area contributed by atoms with Crippen LogP contribution < -0.4 is 9.80 Å². The predicted octanol–water partition coefficient (Wildman–Crippen LogP) is 0.993. The molecule has 0 atom stereocenters. The van der Waals surface area contributed by atoms with E-state index in [9.17, 15) is 4.79 Å². The van der Waals surface area contributed by atoms with Gasteiger partial charge in [-0.25, -0.2) is 0 Å². The van der Waals surface area contributed by atoms with Crippen LogP contribution in [0.4, 0.5) is 11.4 Å². The molecule has 1 aromatic carbocycles. The summed E-state index contributed by atoms with van der Waals surface area (Å²) in [4.78, 5) is 15.0. The fourth-order valence-corrected chi connectivity index (χ4v) is 1.73. The number of amides is 1. The van der Waals surface area contributed by atoms with Gasteiger partial charge in [0.05, 0.1) is 24.0 Å². The van der Waals surface area contributed by atoms with E-state index in [1.165, 1.54) is 0 Å². The molecule has 0 radical (unpaired) electrons. The first-order chi connectivity index (χ1) is 7.24. The van der Waals surface area contributed by atoms with Crippen molar-refractivity contribution in [2.24, 2.45) is 0 Å². The van der Waals surface area contributed by atoms with Crippen LogP contribution in [0.5, 0.6) is 0 Å². The molecule has 2 rings (SSSR count). The Balaban J connectivity index is 2.46. The predicted molar refractivity (Wildman–Crippen MR) is 57.7 cm³/mol. The molecule has 1 amide bonds. The molecule has 1 aliphatic rings. The molecule has 1 aliphatic heterocycles. The van der Waals surface area contributed by atoms with Gasteiger partial charge < -0.3 is 9.80 Å². The van der Waals surface area contributed by atoms with Gasteiger partial charge in [-0.3, -0.25) is 4.79 Å². The van der Waals surface area contributed by atoms with E-state index in [4.69, 9.17) is 5.26 Å². The zero-order valence-corrected chi connectivity index (χ0v) is 8.47. The van der Waals surface area contributed by atoms with Crippen molar-refractivity contribution in [1.82, 2.24) is 0 Å². The molecule has 0 aliphatic carbocycles. The van der Waals surface area contributed by atoms with Crippen molar-refractivity contribution in [1.29, 1.82) is 5.26 Å². The minimum atomic E-state index is 0.0175. The van der Waals surface area contributed by atoms with Gasteiger partial charge in [0, 0.05) is 7.05 Å². The first-order valence-electron chi connectivity index (χ1n) is 4.71. The van der Waals surface area contributed by atoms with E-state index < -0.39 is 0 Å². The number of fused-ring (bicyclic) bond motifs is 1. The molecule has 15 heavy (non-hydrogen) atoms. The molecule has 4 nitrogen and oxygen atoms in total. The summed E-state index contributed by atoms with van der Waals surface area (Å²) in [7, 11) is 1.75. The molecule has 0 bridgehead atoms. The molecular weight excluding hydrogens is 190 g/mol. The van der Waals surface area contributed by atoms with Crippen LogP contribution >= 0.6 is 0 Å². The number of hydrogen-bond acceptors (Lipinski definition) is 3. The van der Waals surface area contributed by atoms with Crippen LogP contribution in [0.3, 0.4) is 0 Å². The Kier molecular flexibility index (Phi) is 2.30. The van der Waals surface area contributed by atoms with E-state index in [0.29, 0.717) is 0 Å². The number of carbonyl (C=O) groups excluding carboxylic acids is 1. The lowest BCUT2D eigenvalue weighted by atomic mass is 10.1. The molecular formula is C11H11N3O. The Morgan fingerprint density at radius 3 is 2.73 bits per heavy atom. The molecule has 0 saturated carbocycles. The molecule has 0 saturated heterocycles. The van der Waals surface area contributed by atoms with Crippen molar-refractivity contribution in [3.63, 3.8) is 0 Å². The highest BCUT2D eigenvalue weighted by atomic mass is 16.2. The van der Waals surface area contributed by atoms with Gasteiger partial charge in [0.15, 0.2) is 0 Å². The van der Waals surface area contributed by atoms with Crippen LogP contribution in [-0.4, -0.2) is 26.0 Å². The Morgan fingerprint density at radius 2 is 2.07 bits per heavy atom. The number of anilines is 2. The monoisotopic (exact) mass is 201 g/mol. The van der Waals surface area contributed by atoms with E-state index in [1.54, 1.807) is 16.8 Å². The molecule has 0 aromatic heterocycles. The van der Waals surface area contributed by atoms with Gasteiger partial charge in [0.2, 0.25) is 5.91 Å². The molecule has 0 N–H and O–H groups in total. The number of rotatable bonds is 1. The third kappa shape index (κ3) is 1.52. The topological polar surface area (TPSA) is 47.3 Å². The lowest BCUT2D eigenvalue weighted by Gasteiger charge is -2.33. The van der Waals surface area contributed by atoms with E-state index in [-0.39, 0.29) is 19.0 Å². The average molecular weight is 201 g/mol. The van der Waals surface area contributed by atoms with Crippen LogP contribution in [0.2, 0.25) is 0 Å². The second-order valence-corrected chi connectivity index (χ2v) is 3.46. The third-order valence-corrected chi connectivity index (χ3v) is 2.55. The minimum Gasteiger partial charge on any atom is -0.347 e. The lowest BCUT2D eigenvalue weighted by molar-refractivity contribution is -0.117. The Labute approximate surface area is 88.3 Å². The number of benzene rings is 1. The summed E-state index contributed by atoms with van der Waals surface area (Å²) < 4.78 is 0. The number of hydrogen-bond donors (Lipinski definition) is 0.